The average molecular weight is 338 g/mol. The molecule has 134 valence electrons. The van der Waals surface area contributed by atoms with Gasteiger partial charge in [-0.25, -0.2) is 9.59 Å². The van der Waals surface area contributed by atoms with E-state index in [0.717, 1.165) is 11.8 Å². The summed E-state index contributed by atoms with van der Waals surface area (Å²) in [5.74, 6) is 1.67. The van der Waals surface area contributed by atoms with E-state index in [-0.39, 0.29) is 12.4 Å². The molecule has 0 saturated carbocycles. The Labute approximate surface area is 133 Å². The smallest absolute Gasteiger partial charge is 0.450 e. The Balaban J connectivity index is -0.0000000331. The maximum Gasteiger partial charge on any atom is 0.503 e. The number of carbonyl (C=O) groups is 2. The van der Waals surface area contributed by atoms with Crippen LogP contribution in [0.15, 0.2) is 0 Å². The van der Waals surface area contributed by atoms with Gasteiger partial charge in [-0.2, -0.15) is 0 Å². The fourth-order valence-corrected chi connectivity index (χ4v) is 0. The SMILES string of the molecule is CC(C)C.CC(C)C.COCN.Cl.O=C(O)O.O=C(O)O. The van der Waals surface area contributed by atoms with E-state index in [9.17, 15) is 0 Å². The minimum atomic E-state index is -1.83. The van der Waals surface area contributed by atoms with Crippen LogP contribution in [-0.2, 0) is 4.74 Å². The molecule has 0 aromatic rings. The zero-order valence-electron chi connectivity index (χ0n) is 13.9. The van der Waals surface area contributed by atoms with Crippen LogP contribution in [0.25, 0.3) is 0 Å². The molecule has 0 saturated heterocycles. The van der Waals surface area contributed by atoms with E-state index in [1.807, 2.05) is 0 Å². The van der Waals surface area contributed by atoms with Crippen LogP contribution in [0, 0.1) is 11.8 Å². The highest BCUT2D eigenvalue weighted by molar-refractivity contribution is 5.85. The van der Waals surface area contributed by atoms with Crippen LogP contribution in [0.1, 0.15) is 41.5 Å². The second-order valence-electron chi connectivity index (χ2n) is 4.48. The van der Waals surface area contributed by atoms with Gasteiger partial charge in [0.1, 0.15) is 0 Å². The first kappa shape index (κ1) is 36.7. The summed E-state index contributed by atoms with van der Waals surface area (Å²) in [6.45, 7) is 13.3. The zero-order valence-corrected chi connectivity index (χ0v) is 14.7. The zero-order chi connectivity index (χ0) is 17.7. The summed E-state index contributed by atoms with van der Waals surface area (Å²) in [4.78, 5) is 17.1. The minimum absolute atomic E-state index is 0. The largest absolute Gasteiger partial charge is 0.503 e. The predicted molar refractivity (Wildman–Crippen MR) is 85.6 cm³/mol. The van der Waals surface area contributed by atoms with Gasteiger partial charge in [-0.05, 0) is 11.8 Å². The number of hydrogen-bond acceptors (Lipinski definition) is 4. The predicted octanol–water partition coefficient (Wildman–Crippen LogP) is 3.74. The summed E-state index contributed by atoms with van der Waals surface area (Å²) in [5, 5.41) is 27.9. The van der Waals surface area contributed by atoms with Gasteiger partial charge in [0.15, 0.2) is 0 Å². The van der Waals surface area contributed by atoms with E-state index in [1.165, 1.54) is 0 Å². The number of carboxylic acid groups (broad SMARTS) is 4. The van der Waals surface area contributed by atoms with Gasteiger partial charge in [-0.1, -0.05) is 41.5 Å². The molecule has 21 heavy (non-hydrogen) atoms. The fourth-order valence-electron chi connectivity index (χ4n) is 0. The third kappa shape index (κ3) is 84200. The molecule has 8 nitrogen and oxygen atoms in total. The van der Waals surface area contributed by atoms with Crippen molar-refractivity contribution < 1.29 is 34.8 Å². The lowest BCUT2D eigenvalue weighted by atomic mass is 10.3. The molecule has 0 aliphatic carbocycles. The highest BCUT2D eigenvalue weighted by atomic mass is 35.5. The number of hydrogen-bond donors (Lipinski definition) is 5. The molecule has 0 aliphatic heterocycles. The van der Waals surface area contributed by atoms with Crippen LogP contribution >= 0.6 is 12.4 Å². The van der Waals surface area contributed by atoms with Crippen LogP contribution in [-0.4, -0.2) is 46.6 Å². The first-order valence-corrected chi connectivity index (χ1v) is 5.87. The Hall–Kier alpha value is -1.25. The Morgan fingerprint density at radius 1 is 0.857 bits per heavy atom. The molecule has 0 radical (unpaired) electrons. The normalized spacial score (nSPS) is 7.14. The van der Waals surface area contributed by atoms with Gasteiger partial charge in [0.2, 0.25) is 0 Å². The molecule has 0 bridgehead atoms. The monoisotopic (exact) mass is 337 g/mol. The number of halogens is 1. The van der Waals surface area contributed by atoms with Crippen LogP contribution < -0.4 is 5.73 Å². The van der Waals surface area contributed by atoms with Crippen molar-refractivity contribution in [3.8, 4) is 0 Å². The summed E-state index contributed by atoms with van der Waals surface area (Å²) in [6, 6.07) is 0. The standard InChI is InChI=1S/2C4H10.C2H7NO.2CH2O3.ClH/c2*1-4(2)3;1-4-2-3;2*2-1(3)4;/h2*4H,1-3H3;2-3H2,1H3;2*(H2,2,3,4);1H. The van der Waals surface area contributed by atoms with Crippen LogP contribution in [0.5, 0.6) is 0 Å². The van der Waals surface area contributed by atoms with Gasteiger partial charge in [0.25, 0.3) is 0 Å². The minimum Gasteiger partial charge on any atom is -0.450 e. The summed E-state index contributed by atoms with van der Waals surface area (Å²) in [6.07, 6.45) is -3.67. The Morgan fingerprint density at radius 2 is 0.905 bits per heavy atom. The molecule has 0 rings (SSSR count). The van der Waals surface area contributed by atoms with Crippen molar-refractivity contribution in [2.24, 2.45) is 17.6 Å². The van der Waals surface area contributed by atoms with E-state index in [2.05, 4.69) is 46.3 Å². The summed E-state index contributed by atoms with van der Waals surface area (Å²) in [5.41, 5.74) is 4.81. The molecule has 0 unspecified atom stereocenters. The number of rotatable bonds is 1. The second kappa shape index (κ2) is 36.3. The highest BCUT2D eigenvalue weighted by Crippen LogP contribution is 1.81. The van der Waals surface area contributed by atoms with Crippen molar-refractivity contribution in [3.05, 3.63) is 0 Å². The molecule has 0 heterocycles. The number of methoxy groups -OCH3 is 1. The molecule has 6 N–H and O–H groups in total. The van der Waals surface area contributed by atoms with Gasteiger partial charge in [0, 0.05) is 7.11 Å². The van der Waals surface area contributed by atoms with Crippen molar-refractivity contribution >= 4 is 24.7 Å². The van der Waals surface area contributed by atoms with Crippen LogP contribution in [0.3, 0.4) is 0 Å². The van der Waals surface area contributed by atoms with Crippen molar-refractivity contribution in [1.29, 1.82) is 0 Å². The van der Waals surface area contributed by atoms with Crippen LogP contribution in [0.2, 0.25) is 0 Å². The van der Waals surface area contributed by atoms with E-state index in [1.54, 1.807) is 7.11 Å². The van der Waals surface area contributed by atoms with E-state index in [4.69, 9.17) is 35.7 Å². The molecule has 0 aliphatic rings. The Kier molecular flexibility index (Phi) is 63.6. The second-order valence-corrected chi connectivity index (χ2v) is 4.48. The Morgan fingerprint density at radius 3 is 0.905 bits per heavy atom. The van der Waals surface area contributed by atoms with Crippen molar-refractivity contribution in [3.63, 3.8) is 0 Å². The first-order chi connectivity index (χ1) is 8.84. The van der Waals surface area contributed by atoms with E-state index >= 15 is 0 Å². The average Bonchev–Trinajstić information content (AvgIpc) is 2.13. The molecule has 0 amide bonds. The number of ether oxygens (including phenoxy) is 1. The van der Waals surface area contributed by atoms with Gasteiger partial charge >= 0.3 is 12.3 Å². The van der Waals surface area contributed by atoms with Gasteiger partial charge < -0.3 is 30.9 Å². The topological polar surface area (TPSA) is 150 Å². The maximum absolute atomic E-state index is 8.56. The Bertz CT molecular complexity index is 157. The molecular weight excluding hydrogens is 306 g/mol. The molecule has 0 aromatic heterocycles. The summed E-state index contributed by atoms with van der Waals surface area (Å²) in [7, 11) is 1.56. The fraction of sp³-hybridized carbons (Fsp3) is 0.833. The molecule has 0 fully saturated rings. The third-order valence-corrected chi connectivity index (χ3v) is 0.167. The quantitative estimate of drug-likeness (QED) is 0.454. The van der Waals surface area contributed by atoms with Crippen molar-refractivity contribution in [2.45, 2.75) is 41.5 Å². The maximum atomic E-state index is 8.56. The van der Waals surface area contributed by atoms with E-state index in [0.29, 0.717) is 6.73 Å². The van der Waals surface area contributed by atoms with Gasteiger partial charge in [-0.3, -0.25) is 0 Å². The van der Waals surface area contributed by atoms with E-state index < -0.39 is 12.3 Å². The molecular formula is C12H32ClNO7. The summed E-state index contributed by atoms with van der Waals surface area (Å²) < 4.78 is 4.32. The van der Waals surface area contributed by atoms with Crippen molar-refractivity contribution in [1.82, 2.24) is 0 Å². The molecule has 0 atom stereocenters. The van der Waals surface area contributed by atoms with Gasteiger partial charge in [-0.15, -0.1) is 12.4 Å². The lowest BCUT2D eigenvalue weighted by Gasteiger charge is -1.79. The molecule has 0 aromatic carbocycles. The number of nitrogens with two attached hydrogens (primary N) is 1. The lowest BCUT2D eigenvalue weighted by molar-refractivity contribution is 0.135. The highest BCUT2D eigenvalue weighted by Gasteiger charge is 1.70. The van der Waals surface area contributed by atoms with Gasteiger partial charge in [0.05, 0.1) is 6.73 Å². The first-order valence-electron chi connectivity index (χ1n) is 5.87. The molecule has 0 spiro atoms. The van der Waals surface area contributed by atoms with Crippen LogP contribution in [0.4, 0.5) is 9.59 Å². The van der Waals surface area contributed by atoms with Crippen molar-refractivity contribution in [2.75, 3.05) is 13.8 Å². The summed E-state index contributed by atoms with van der Waals surface area (Å²) >= 11 is 0. The third-order valence-electron chi connectivity index (χ3n) is 0.167. The molecule has 9 heteroatoms. The lowest BCUT2D eigenvalue weighted by Crippen LogP contribution is -1.98.